The summed E-state index contributed by atoms with van der Waals surface area (Å²) in [6.07, 6.45) is 5.72. The molecule has 28 heavy (non-hydrogen) atoms. The second kappa shape index (κ2) is 8.37. The summed E-state index contributed by atoms with van der Waals surface area (Å²) in [4.78, 5) is 18.2. The predicted molar refractivity (Wildman–Crippen MR) is 102 cm³/mol. The molecular weight excluding hydrogens is 359 g/mol. The van der Waals surface area contributed by atoms with E-state index in [2.05, 4.69) is 4.98 Å². The minimum absolute atomic E-state index is 0.141. The molecule has 2 fully saturated rings. The Balaban J connectivity index is 1.15. The van der Waals surface area contributed by atoms with Crippen LogP contribution in [0.1, 0.15) is 24.0 Å². The Bertz CT molecular complexity index is 808. The highest BCUT2D eigenvalue weighted by atomic mass is 19.1. The molecule has 5 nitrogen and oxygen atoms in total. The minimum atomic E-state index is -0.236. The Kier molecular flexibility index (Phi) is 5.69. The van der Waals surface area contributed by atoms with Gasteiger partial charge in [0.2, 0.25) is 5.91 Å². The number of hydrogen-bond acceptors (Lipinski definition) is 4. The molecule has 0 N–H and O–H groups in total. The quantitative estimate of drug-likeness (QED) is 0.689. The number of nitrogens with zero attached hydrogens (tertiary/aromatic N) is 2. The molecule has 1 atom stereocenters. The fourth-order valence-corrected chi connectivity index (χ4v) is 4.02. The van der Waals surface area contributed by atoms with Gasteiger partial charge in [-0.05, 0) is 54.2 Å². The van der Waals surface area contributed by atoms with Gasteiger partial charge in [-0.25, -0.2) is 4.39 Å². The number of rotatable bonds is 7. The topological polar surface area (TPSA) is 51.7 Å². The molecule has 1 spiro atoms. The van der Waals surface area contributed by atoms with E-state index in [-0.39, 0.29) is 17.3 Å². The average molecular weight is 384 g/mol. The summed E-state index contributed by atoms with van der Waals surface area (Å²) in [7, 11) is 0. The van der Waals surface area contributed by atoms with E-state index < -0.39 is 0 Å². The Hall–Kier alpha value is -2.31. The van der Waals surface area contributed by atoms with Crippen molar-refractivity contribution in [1.29, 1.82) is 0 Å². The zero-order chi connectivity index (χ0) is 19.4. The number of carbonyl (C=O) groups excluding carboxylic acids is 1. The lowest BCUT2D eigenvalue weighted by Gasteiger charge is -2.47. The molecule has 3 heterocycles. The first-order chi connectivity index (χ1) is 13.6. The van der Waals surface area contributed by atoms with Gasteiger partial charge >= 0.3 is 0 Å². The molecule has 0 aliphatic carbocycles. The van der Waals surface area contributed by atoms with E-state index in [1.165, 1.54) is 12.1 Å². The maximum absolute atomic E-state index is 13.2. The predicted octanol–water partition coefficient (Wildman–Crippen LogP) is 2.99. The number of aromatic nitrogens is 1. The summed E-state index contributed by atoms with van der Waals surface area (Å²) >= 11 is 0. The SMILES string of the molecule is O=C(Cc1ccncc1)N1CC2(CC(CCOCc3cccc(F)c3)CO2)C1. The van der Waals surface area contributed by atoms with Crippen molar-refractivity contribution in [2.45, 2.75) is 31.5 Å². The maximum atomic E-state index is 13.2. The minimum Gasteiger partial charge on any atom is -0.377 e. The molecular formula is C22H25FN2O3. The van der Waals surface area contributed by atoms with Crippen LogP contribution in [0.3, 0.4) is 0 Å². The molecule has 1 aromatic heterocycles. The highest BCUT2D eigenvalue weighted by Gasteiger charge is 2.50. The molecule has 0 bridgehead atoms. The van der Waals surface area contributed by atoms with Crippen molar-refractivity contribution in [3.05, 3.63) is 65.7 Å². The van der Waals surface area contributed by atoms with Gasteiger partial charge in [0.05, 0.1) is 32.7 Å². The lowest BCUT2D eigenvalue weighted by atomic mass is 9.85. The number of halogens is 1. The molecule has 1 amide bonds. The zero-order valence-corrected chi connectivity index (χ0v) is 15.9. The average Bonchev–Trinajstić information content (AvgIpc) is 3.10. The number of pyridine rings is 1. The largest absolute Gasteiger partial charge is 0.377 e. The van der Waals surface area contributed by atoms with Crippen LogP contribution in [0.5, 0.6) is 0 Å². The number of ether oxygens (including phenoxy) is 2. The van der Waals surface area contributed by atoms with Crippen LogP contribution in [0.15, 0.2) is 48.8 Å². The molecule has 1 aromatic carbocycles. The second-order valence-electron chi connectivity index (χ2n) is 7.82. The van der Waals surface area contributed by atoms with Crippen LogP contribution >= 0.6 is 0 Å². The van der Waals surface area contributed by atoms with E-state index in [1.54, 1.807) is 18.5 Å². The molecule has 6 heteroatoms. The monoisotopic (exact) mass is 384 g/mol. The van der Waals surface area contributed by atoms with E-state index in [0.29, 0.717) is 38.6 Å². The number of hydrogen-bond donors (Lipinski definition) is 0. The van der Waals surface area contributed by atoms with Gasteiger partial charge in [-0.1, -0.05) is 12.1 Å². The highest BCUT2D eigenvalue weighted by molar-refractivity contribution is 5.79. The highest BCUT2D eigenvalue weighted by Crippen LogP contribution is 2.39. The standard InChI is InChI=1S/C22H25FN2O3/c23-20-3-1-2-18(10-20)13-27-9-6-19-12-22(28-14-19)15-25(16-22)21(26)11-17-4-7-24-8-5-17/h1-5,7-8,10,19H,6,9,11-16H2. The van der Waals surface area contributed by atoms with Crippen molar-refractivity contribution < 1.29 is 18.7 Å². The summed E-state index contributed by atoms with van der Waals surface area (Å²) in [5, 5.41) is 0. The molecule has 4 rings (SSSR count). The summed E-state index contributed by atoms with van der Waals surface area (Å²) in [5.41, 5.74) is 1.67. The molecule has 1 unspecified atom stereocenters. The third kappa shape index (κ3) is 4.56. The van der Waals surface area contributed by atoms with E-state index >= 15 is 0 Å². The first kappa shape index (κ1) is 19.0. The zero-order valence-electron chi connectivity index (χ0n) is 15.9. The number of benzene rings is 1. The molecule has 0 radical (unpaired) electrons. The fourth-order valence-electron chi connectivity index (χ4n) is 4.02. The third-order valence-electron chi connectivity index (χ3n) is 5.53. The summed E-state index contributed by atoms with van der Waals surface area (Å²) in [6.45, 7) is 3.13. The molecule has 0 saturated carbocycles. The Morgan fingerprint density at radius 1 is 1.25 bits per heavy atom. The lowest BCUT2D eigenvalue weighted by Crippen LogP contribution is -2.63. The Labute approximate surface area is 164 Å². The third-order valence-corrected chi connectivity index (χ3v) is 5.53. The van der Waals surface area contributed by atoms with Crippen LogP contribution in [0.2, 0.25) is 0 Å². The van der Waals surface area contributed by atoms with Crippen LogP contribution < -0.4 is 0 Å². The summed E-state index contributed by atoms with van der Waals surface area (Å²) in [5.74, 6) is 0.354. The van der Waals surface area contributed by atoms with E-state index in [4.69, 9.17) is 9.47 Å². The normalized spacial score (nSPS) is 20.3. The van der Waals surface area contributed by atoms with Gasteiger partial charge in [-0.3, -0.25) is 9.78 Å². The van der Waals surface area contributed by atoms with Crippen molar-refractivity contribution in [2.75, 3.05) is 26.3 Å². The number of carbonyl (C=O) groups is 1. The summed E-state index contributed by atoms with van der Waals surface area (Å²) in [6, 6.07) is 10.2. The van der Waals surface area contributed by atoms with E-state index in [1.807, 2.05) is 23.1 Å². The molecule has 148 valence electrons. The van der Waals surface area contributed by atoms with Crippen LogP contribution in [0.25, 0.3) is 0 Å². The van der Waals surface area contributed by atoms with Gasteiger partial charge in [-0.2, -0.15) is 0 Å². The first-order valence-electron chi connectivity index (χ1n) is 9.75. The van der Waals surface area contributed by atoms with Gasteiger partial charge in [0.1, 0.15) is 11.4 Å². The number of amides is 1. The van der Waals surface area contributed by atoms with Gasteiger partial charge in [-0.15, -0.1) is 0 Å². The maximum Gasteiger partial charge on any atom is 0.227 e. The van der Waals surface area contributed by atoms with E-state index in [0.717, 1.165) is 30.6 Å². The number of likely N-dealkylation sites (tertiary alicyclic amines) is 1. The molecule has 2 aliphatic rings. The van der Waals surface area contributed by atoms with Gasteiger partial charge in [0.15, 0.2) is 0 Å². The van der Waals surface area contributed by atoms with E-state index in [9.17, 15) is 9.18 Å². The van der Waals surface area contributed by atoms with Crippen LogP contribution in [-0.4, -0.2) is 47.7 Å². The second-order valence-corrected chi connectivity index (χ2v) is 7.82. The van der Waals surface area contributed by atoms with Crippen molar-refractivity contribution in [2.24, 2.45) is 5.92 Å². The van der Waals surface area contributed by atoms with Crippen molar-refractivity contribution in [1.82, 2.24) is 9.88 Å². The summed E-state index contributed by atoms with van der Waals surface area (Å²) < 4.78 is 24.9. The fraction of sp³-hybridized carbons (Fsp3) is 0.455. The van der Waals surface area contributed by atoms with Gasteiger partial charge in [0, 0.05) is 19.0 Å². The van der Waals surface area contributed by atoms with Crippen LogP contribution in [0, 0.1) is 11.7 Å². The van der Waals surface area contributed by atoms with Crippen molar-refractivity contribution >= 4 is 5.91 Å². The van der Waals surface area contributed by atoms with Gasteiger partial charge in [0.25, 0.3) is 0 Å². The molecule has 2 saturated heterocycles. The van der Waals surface area contributed by atoms with Crippen molar-refractivity contribution in [3.8, 4) is 0 Å². The molecule has 2 aliphatic heterocycles. The Morgan fingerprint density at radius 3 is 2.86 bits per heavy atom. The van der Waals surface area contributed by atoms with Crippen LogP contribution in [0.4, 0.5) is 4.39 Å². The first-order valence-corrected chi connectivity index (χ1v) is 9.75. The van der Waals surface area contributed by atoms with Gasteiger partial charge < -0.3 is 14.4 Å². The smallest absolute Gasteiger partial charge is 0.227 e. The van der Waals surface area contributed by atoms with Crippen molar-refractivity contribution in [3.63, 3.8) is 0 Å². The molecule has 2 aromatic rings. The lowest BCUT2D eigenvalue weighted by molar-refractivity contribution is -0.157. The Morgan fingerprint density at radius 2 is 2.07 bits per heavy atom. The van der Waals surface area contributed by atoms with Crippen LogP contribution in [-0.2, 0) is 27.3 Å².